The van der Waals surface area contributed by atoms with Gasteiger partial charge in [-0.3, -0.25) is 0 Å². The highest BCUT2D eigenvalue weighted by molar-refractivity contribution is 6.94. The molecule has 0 aliphatic carbocycles. The zero-order chi connectivity index (χ0) is 21.6. The molecule has 9 heteroatoms. The Balaban J connectivity index is 5.34. The van der Waals surface area contributed by atoms with Gasteiger partial charge in [-0.25, -0.2) is 0 Å². The third-order valence-corrected chi connectivity index (χ3v) is 24.2. The molecule has 0 aliphatic rings. The van der Waals surface area contributed by atoms with Crippen LogP contribution in [0, 0.1) is 0 Å². The molecular weight excluding hydrogens is 421 g/mol. The Morgan fingerprint density at radius 1 is 0.519 bits per heavy atom. The summed E-state index contributed by atoms with van der Waals surface area (Å²) < 4.78 is 26.1. The Bertz CT molecular complexity index is 484. The highest BCUT2D eigenvalue weighted by atomic mass is 28.5. The summed E-state index contributed by atoms with van der Waals surface area (Å²) in [4.78, 5) is 0. The molecule has 0 aromatic heterocycles. The Hall–Kier alpha value is -0.116. The van der Waals surface area contributed by atoms with E-state index in [1.54, 1.807) is 0 Å². The molecule has 4 nitrogen and oxygen atoms in total. The van der Waals surface area contributed by atoms with Crippen molar-refractivity contribution in [2.24, 2.45) is 0 Å². The minimum Gasteiger partial charge on any atom is -0.429 e. The molecule has 27 heavy (non-hydrogen) atoms. The van der Waals surface area contributed by atoms with Gasteiger partial charge in [0.1, 0.15) is 0 Å². The average molecular weight is 461 g/mol. The van der Waals surface area contributed by atoms with Crippen molar-refractivity contribution in [3.63, 3.8) is 0 Å². The standard InChI is InChI=1S/C18H40O4Si5/c1-13-26(14-2,15-3)21-24(9,10)19-23(7,8)20-25(11,12)22-27(16-4,17-5)18-6/h13-14,16-17H,1-2,4-5,15,18H2,3,6-12H3. The van der Waals surface area contributed by atoms with Gasteiger partial charge in [0.15, 0.2) is 0 Å². The maximum atomic E-state index is 6.53. The zero-order valence-corrected chi connectivity index (χ0v) is 23.7. The van der Waals surface area contributed by atoms with Gasteiger partial charge in [-0.05, 0) is 51.4 Å². The van der Waals surface area contributed by atoms with E-state index in [2.05, 4.69) is 79.4 Å². The van der Waals surface area contributed by atoms with Crippen LogP contribution >= 0.6 is 0 Å². The van der Waals surface area contributed by atoms with E-state index in [0.29, 0.717) is 0 Å². The number of hydrogen-bond donors (Lipinski definition) is 0. The van der Waals surface area contributed by atoms with Crippen LogP contribution in [0.2, 0.25) is 51.4 Å². The van der Waals surface area contributed by atoms with E-state index in [4.69, 9.17) is 16.5 Å². The van der Waals surface area contributed by atoms with Crippen molar-refractivity contribution in [1.82, 2.24) is 0 Å². The molecule has 0 saturated carbocycles. The highest BCUT2D eigenvalue weighted by Gasteiger charge is 2.46. The van der Waals surface area contributed by atoms with Gasteiger partial charge in [-0.15, -0.1) is 26.3 Å². The van der Waals surface area contributed by atoms with Crippen LogP contribution in [0.1, 0.15) is 13.8 Å². The first kappa shape index (κ1) is 26.9. The molecule has 0 bridgehead atoms. The predicted molar refractivity (Wildman–Crippen MR) is 130 cm³/mol. The van der Waals surface area contributed by atoms with E-state index >= 15 is 0 Å². The Morgan fingerprint density at radius 2 is 0.741 bits per heavy atom. The normalized spacial score (nSPS) is 13.9. The first-order valence-corrected chi connectivity index (χ1v) is 22.5. The topological polar surface area (TPSA) is 36.9 Å². The largest absolute Gasteiger partial charge is 0.429 e. The van der Waals surface area contributed by atoms with Gasteiger partial charge in [-0.2, -0.15) is 0 Å². The van der Waals surface area contributed by atoms with Crippen molar-refractivity contribution in [3.05, 3.63) is 49.1 Å². The summed E-state index contributed by atoms with van der Waals surface area (Å²) in [5.74, 6) is 0. The quantitative estimate of drug-likeness (QED) is 0.298. The van der Waals surface area contributed by atoms with Crippen molar-refractivity contribution >= 4 is 42.3 Å². The predicted octanol–water partition coefficient (Wildman–Crippen LogP) is 5.99. The van der Waals surface area contributed by atoms with E-state index in [0.717, 1.165) is 12.1 Å². The van der Waals surface area contributed by atoms with Gasteiger partial charge in [0.2, 0.25) is 16.6 Å². The van der Waals surface area contributed by atoms with Crippen LogP contribution < -0.4 is 0 Å². The summed E-state index contributed by atoms with van der Waals surface area (Å²) in [6.45, 7) is 32.5. The molecule has 0 heterocycles. The molecule has 0 N–H and O–H groups in total. The van der Waals surface area contributed by atoms with E-state index in [1.165, 1.54) is 0 Å². The minimum absolute atomic E-state index is 0.898. The van der Waals surface area contributed by atoms with E-state index < -0.39 is 42.3 Å². The van der Waals surface area contributed by atoms with Crippen molar-refractivity contribution in [2.45, 2.75) is 65.2 Å². The summed E-state index contributed by atoms with van der Waals surface area (Å²) in [7, 11) is -11.7. The molecule has 0 amide bonds. The van der Waals surface area contributed by atoms with Crippen LogP contribution in [0.5, 0.6) is 0 Å². The molecule has 0 aliphatic heterocycles. The number of hydrogen-bond acceptors (Lipinski definition) is 4. The Labute approximate surface area is 173 Å². The maximum Gasteiger partial charge on any atom is 0.314 e. The maximum absolute atomic E-state index is 6.53. The second-order valence-corrected chi connectivity index (χ2v) is 26.6. The summed E-state index contributed by atoms with van der Waals surface area (Å²) >= 11 is 0. The third kappa shape index (κ3) is 8.42. The van der Waals surface area contributed by atoms with Crippen LogP contribution in [-0.4, -0.2) is 42.3 Å². The van der Waals surface area contributed by atoms with E-state index in [-0.39, 0.29) is 0 Å². The second-order valence-electron chi connectivity index (χ2n) is 8.04. The SMILES string of the molecule is C=C[Si](C=C)(CC)O[Si](C)(C)O[Si](C)(C)O[Si](C)(C)O[Si](C=C)(C=C)CC. The lowest BCUT2D eigenvalue weighted by Gasteiger charge is -2.42. The smallest absolute Gasteiger partial charge is 0.314 e. The van der Waals surface area contributed by atoms with Gasteiger partial charge in [0.25, 0.3) is 0 Å². The molecule has 156 valence electrons. The summed E-state index contributed by atoms with van der Waals surface area (Å²) in [5, 5.41) is 0. The van der Waals surface area contributed by atoms with Gasteiger partial charge >= 0.3 is 25.7 Å². The molecular formula is C18H40O4Si5. The average Bonchev–Trinajstić information content (AvgIpc) is 2.55. The summed E-state index contributed by atoms with van der Waals surface area (Å²) in [6, 6.07) is 1.80. The van der Waals surface area contributed by atoms with Crippen molar-refractivity contribution in [3.8, 4) is 0 Å². The number of rotatable bonds is 14. The molecule has 0 unspecified atom stereocenters. The first-order valence-electron chi connectivity index (χ1n) is 9.54. The van der Waals surface area contributed by atoms with Gasteiger partial charge in [0, 0.05) is 0 Å². The third-order valence-electron chi connectivity index (χ3n) is 4.34. The summed E-state index contributed by atoms with van der Waals surface area (Å²) in [5.41, 5.74) is 7.74. The minimum atomic E-state index is -2.47. The lowest BCUT2D eigenvalue weighted by atomic mass is 11.0. The van der Waals surface area contributed by atoms with Crippen molar-refractivity contribution in [2.75, 3.05) is 0 Å². The second kappa shape index (κ2) is 10.1. The molecule has 0 rings (SSSR count). The lowest BCUT2D eigenvalue weighted by molar-refractivity contribution is 0.301. The molecule has 0 fully saturated rings. The molecule has 0 aromatic carbocycles. The first-order chi connectivity index (χ1) is 12.2. The molecule has 0 radical (unpaired) electrons. The van der Waals surface area contributed by atoms with Gasteiger partial charge < -0.3 is 16.5 Å². The molecule has 0 atom stereocenters. The van der Waals surface area contributed by atoms with Crippen LogP contribution in [0.3, 0.4) is 0 Å². The van der Waals surface area contributed by atoms with Gasteiger partial charge in [-0.1, -0.05) is 36.6 Å². The zero-order valence-electron chi connectivity index (χ0n) is 18.7. The Morgan fingerprint density at radius 3 is 0.926 bits per heavy atom. The molecule has 0 aromatic rings. The highest BCUT2D eigenvalue weighted by Crippen LogP contribution is 2.28. The van der Waals surface area contributed by atoms with Crippen LogP contribution in [0.4, 0.5) is 0 Å². The van der Waals surface area contributed by atoms with Crippen molar-refractivity contribution < 1.29 is 16.5 Å². The monoisotopic (exact) mass is 460 g/mol. The van der Waals surface area contributed by atoms with Crippen LogP contribution in [0.25, 0.3) is 0 Å². The van der Waals surface area contributed by atoms with Crippen LogP contribution in [0.15, 0.2) is 49.1 Å². The van der Waals surface area contributed by atoms with Crippen molar-refractivity contribution in [1.29, 1.82) is 0 Å². The van der Waals surface area contributed by atoms with E-state index in [1.807, 2.05) is 22.8 Å². The summed E-state index contributed by atoms with van der Waals surface area (Å²) in [6.07, 6.45) is 0. The lowest BCUT2D eigenvalue weighted by Crippen LogP contribution is -2.59. The fourth-order valence-electron chi connectivity index (χ4n) is 3.22. The van der Waals surface area contributed by atoms with E-state index in [9.17, 15) is 0 Å². The van der Waals surface area contributed by atoms with Gasteiger partial charge in [0.05, 0.1) is 0 Å². The fraction of sp³-hybridized carbons (Fsp3) is 0.556. The van der Waals surface area contributed by atoms with Crippen LogP contribution in [-0.2, 0) is 16.5 Å². The molecule has 0 spiro atoms. The fourth-order valence-corrected chi connectivity index (χ4v) is 25.6. The Kier molecular flexibility index (Phi) is 10.0. The molecule has 0 saturated heterocycles.